The number of para-hydroxylation sites is 1. The van der Waals surface area contributed by atoms with E-state index in [1.165, 1.54) is 20.2 Å². The maximum absolute atomic E-state index is 4.24. The summed E-state index contributed by atoms with van der Waals surface area (Å²) in [7, 11) is 2.02. The summed E-state index contributed by atoms with van der Waals surface area (Å²) in [6.45, 7) is 14.4. The van der Waals surface area contributed by atoms with E-state index in [0.717, 1.165) is 50.7 Å². The maximum Gasteiger partial charge on any atom is 0.0468 e. The topological polar surface area (TPSA) is 6.48 Å². The van der Waals surface area contributed by atoms with Crippen LogP contribution in [0.2, 0.25) is 0 Å². The second-order valence-electron chi connectivity index (χ2n) is 11.0. The van der Waals surface area contributed by atoms with E-state index in [0.29, 0.717) is 0 Å². The first-order valence-corrected chi connectivity index (χ1v) is 15.8. The number of nitrogens with zero attached hydrogens (tertiary/aromatic N) is 2. The molecule has 0 aliphatic carbocycles. The fraction of sp³-hybridized carbons (Fsp3) is 0.0476. The van der Waals surface area contributed by atoms with E-state index in [1.807, 2.05) is 49.6 Å². The van der Waals surface area contributed by atoms with Gasteiger partial charge in [0.1, 0.15) is 0 Å². The molecule has 0 bridgehead atoms. The summed E-state index contributed by atoms with van der Waals surface area (Å²) in [6, 6.07) is 43.4. The summed E-state index contributed by atoms with van der Waals surface area (Å²) in [6.07, 6.45) is 7.84. The highest BCUT2D eigenvalue weighted by atomic mass is 32.1. The predicted molar refractivity (Wildman–Crippen MR) is 199 cm³/mol. The minimum Gasteiger partial charge on any atom is -0.345 e. The monoisotopic (exact) mass is 600 g/mol. The molecule has 0 N–H and O–H groups in total. The number of anilines is 4. The van der Waals surface area contributed by atoms with Gasteiger partial charge in [-0.2, -0.15) is 0 Å². The molecule has 45 heavy (non-hydrogen) atoms. The van der Waals surface area contributed by atoms with E-state index in [-0.39, 0.29) is 0 Å². The Kier molecular flexibility index (Phi) is 8.63. The van der Waals surface area contributed by atoms with Gasteiger partial charge in [0.2, 0.25) is 0 Å². The van der Waals surface area contributed by atoms with E-state index in [4.69, 9.17) is 0 Å². The van der Waals surface area contributed by atoms with Gasteiger partial charge in [-0.15, -0.1) is 11.3 Å². The van der Waals surface area contributed by atoms with Gasteiger partial charge in [-0.3, -0.25) is 0 Å². The highest BCUT2D eigenvalue weighted by molar-refractivity contribution is 7.25. The third kappa shape index (κ3) is 6.31. The molecule has 0 aliphatic rings. The number of hydrogen-bond acceptors (Lipinski definition) is 3. The Morgan fingerprint density at radius 1 is 0.556 bits per heavy atom. The van der Waals surface area contributed by atoms with Crippen molar-refractivity contribution in [3.05, 3.63) is 182 Å². The van der Waals surface area contributed by atoms with Gasteiger partial charge >= 0.3 is 0 Å². The van der Waals surface area contributed by atoms with Crippen LogP contribution in [0.5, 0.6) is 0 Å². The van der Waals surface area contributed by atoms with Crippen LogP contribution in [-0.2, 0) is 0 Å². The number of rotatable bonds is 10. The molecular weight excluding hydrogens is 565 g/mol. The highest BCUT2D eigenvalue weighted by Crippen LogP contribution is 2.40. The zero-order valence-electron chi connectivity index (χ0n) is 25.8. The van der Waals surface area contributed by atoms with Gasteiger partial charge in [-0.25, -0.2) is 0 Å². The molecule has 1 aromatic heterocycles. The molecule has 6 rings (SSSR count). The first-order chi connectivity index (χ1) is 21.9. The average Bonchev–Trinajstić information content (AvgIpc) is 3.46. The number of hydrogen-bond donors (Lipinski definition) is 0. The molecule has 0 amide bonds. The molecule has 2 nitrogen and oxygen atoms in total. The number of benzene rings is 5. The van der Waals surface area contributed by atoms with Gasteiger partial charge in [0.05, 0.1) is 0 Å². The van der Waals surface area contributed by atoms with Crippen LogP contribution in [-0.4, -0.2) is 7.05 Å². The largest absolute Gasteiger partial charge is 0.345 e. The molecule has 220 valence electrons. The van der Waals surface area contributed by atoms with Crippen LogP contribution < -0.4 is 9.80 Å². The molecule has 3 heteroatoms. The lowest BCUT2D eigenvalue weighted by Gasteiger charge is -2.26. The molecule has 0 unspecified atom stereocenters. The SMILES string of the molecule is C=C(/C=C\C)C(=C)/C=C\C(=C)N(C)c1ccc(-c2ccc(N(c3ccccc3)c3ccc4sc5ccccc5c4c3)cc2)cc1. The van der Waals surface area contributed by atoms with Gasteiger partial charge in [0.15, 0.2) is 0 Å². The molecule has 0 saturated carbocycles. The molecule has 0 fully saturated rings. The Morgan fingerprint density at radius 2 is 1.11 bits per heavy atom. The van der Waals surface area contributed by atoms with Crippen molar-refractivity contribution in [1.29, 1.82) is 0 Å². The van der Waals surface area contributed by atoms with Crippen molar-refractivity contribution >= 4 is 54.3 Å². The molecule has 0 saturated heterocycles. The first-order valence-electron chi connectivity index (χ1n) is 15.0. The Bertz CT molecular complexity index is 2060. The molecule has 0 atom stereocenters. The quantitative estimate of drug-likeness (QED) is 0.144. The first kappa shape index (κ1) is 29.7. The predicted octanol–water partition coefficient (Wildman–Crippen LogP) is 12.4. The second-order valence-corrected chi connectivity index (χ2v) is 12.1. The van der Waals surface area contributed by atoms with Crippen molar-refractivity contribution in [3.63, 3.8) is 0 Å². The Balaban J connectivity index is 1.25. The summed E-state index contributed by atoms with van der Waals surface area (Å²) in [5.41, 5.74) is 9.40. The number of allylic oxidation sites excluding steroid dienone is 6. The van der Waals surface area contributed by atoms with Crippen LogP contribution in [0.1, 0.15) is 6.92 Å². The van der Waals surface area contributed by atoms with Crippen molar-refractivity contribution in [3.8, 4) is 11.1 Å². The summed E-state index contributed by atoms with van der Waals surface area (Å²) < 4.78 is 2.62. The lowest BCUT2D eigenvalue weighted by molar-refractivity contribution is 1.14. The van der Waals surface area contributed by atoms with Crippen LogP contribution in [0.15, 0.2) is 182 Å². The van der Waals surface area contributed by atoms with E-state index in [2.05, 4.69) is 151 Å². The lowest BCUT2D eigenvalue weighted by atomic mass is 10.0. The van der Waals surface area contributed by atoms with Crippen molar-refractivity contribution in [2.75, 3.05) is 16.8 Å². The normalized spacial score (nSPS) is 11.4. The van der Waals surface area contributed by atoms with Crippen molar-refractivity contribution in [1.82, 2.24) is 0 Å². The summed E-state index contributed by atoms with van der Waals surface area (Å²) in [5.74, 6) is 0. The molecule has 0 radical (unpaired) electrons. The van der Waals surface area contributed by atoms with Crippen molar-refractivity contribution < 1.29 is 0 Å². The van der Waals surface area contributed by atoms with E-state index >= 15 is 0 Å². The third-order valence-electron chi connectivity index (χ3n) is 8.03. The van der Waals surface area contributed by atoms with E-state index < -0.39 is 0 Å². The van der Waals surface area contributed by atoms with Gasteiger partial charge in [0.25, 0.3) is 0 Å². The summed E-state index contributed by atoms with van der Waals surface area (Å²) in [4.78, 5) is 4.40. The molecular formula is C42H36N2S. The number of likely N-dealkylation sites (N-methyl/N-ethyl adjacent to an activating group) is 1. The zero-order valence-corrected chi connectivity index (χ0v) is 26.6. The van der Waals surface area contributed by atoms with Crippen LogP contribution in [0.4, 0.5) is 22.7 Å². The maximum atomic E-state index is 4.24. The van der Waals surface area contributed by atoms with Gasteiger partial charge in [-0.05, 0) is 95.9 Å². The minimum atomic E-state index is 0.868. The molecule has 6 aromatic rings. The number of thiophene rings is 1. The van der Waals surface area contributed by atoms with Crippen LogP contribution >= 0.6 is 11.3 Å². The van der Waals surface area contributed by atoms with Gasteiger partial charge in [0, 0.05) is 55.7 Å². The fourth-order valence-electron chi connectivity index (χ4n) is 5.45. The van der Waals surface area contributed by atoms with Gasteiger partial charge in [-0.1, -0.05) is 98.6 Å². The van der Waals surface area contributed by atoms with Crippen molar-refractivity contribution in [2.45, 2.75) is 6.92 Å². The van der Waals surface area contributed by atoms with Crippen LogP contribution in [0, 0.1) is 0 Å². The minimum absolute atomic E-state index is 0.868. The Labute approximate surface area is 270 Å². The molecule has 5 aromatic carbocycles. The molecule has 1 heterocycles. The highest BCUT2D eigenvalue weighted by Gasteiger charge is 2.15. The second kappa shape index (κ2) is 13.1. The van der Waals surface area contributed by atoms with Crippen LogP contribution in [0.25, 0.3) is 31.3 Å². The fourth-order valence-corrected chi connectivity index (χ4v) is 6.53. The third-order valence-corrected chi connectivity index (χ3v) is 9.19. The van der Waals surface area contributed by atoms with Gasteiger partial charge < -0.3 is 9.80 Å². The smallest absolute Gasteiger partial charge is 0.0468 e. The summed E-state index contributed by atoms with van der Waals surface area (Å²) in [5, 5.41) is 2.59. The van der Waals surface area contributed by atoms with E-state index in [1.54, 1.807) is 0 Å². The Morgan fingerprint density at radius 3 is 1.80 bits per heavy atom. The zero-order chi connectivity index (χ0) is 31.3. The van der Waals surface area contributed by atoms with Crippen LogP contribution in [0.3, 0.4) is 0 Å². The lowest BCUT2D eigenvalue weighted by Crippen LogP contribution is -2.13. The van der Waals surface area contributed by atoms with Crippen molar-refractivity contribution in [2.24, 2.45) is 0 Å². The molecule has 0 spiro atoms. The average molecular weight is 601 g/mol. The Hall–Kier alpha value is -5.38. The standard InChI is InChI=1S/C42H36N2S/c1-6-12-30(2)31(3)17-18-32(4)43(5)35-23-19-33(20-24-35)34-21-25-37(26-22-34)44(36-13-8-7-9-14-36)38-27-28-42-40(29-38)39-15-10-11-16-41(39)45-42/h6-29H,2-4H2,1,5H3/b12-6-,18-17-. The summed E-state index contributed by atoms with van der Waals surface area (Å²) >= 11 is 1.84. The molecule has 0 aliphatic heterocycles. The van der Waals surface area contributed by atoms with E-state index in [9.17, 15) is 0 Å². The number of fused-ring (bicyclic) bond motifs is 3.